The maximum atomic E-state index is 12.7. The first kappa shape index (κ1) is 61.2. The van der Waals surface area contributed by atoms with Crippen molar-refractivity contribution in [2.75, 3.05) is 33.0 Å². The summed E-state index contributed by atoms with van der Waals surface area (Å²) in [5.41, 5.74) is 0. The van der Waals surface area contributed by atoms with Gasteiger partial charge in [-0.05, 0) is 83.5 Å². The fourth-order valence-electron chi connectivity index (χ4n) is 6.98. The first-order chi connectivity index (χ1) is 30.8. The zero-order chi connectivity index (χ0) is 46.0. The van der Waals surface area contributed by atoms with Crippen LogP contribution < -0.4 is 0 Å². The van der Waals surface area contributed by atoms with Gasteiger partial charge in [-0.25, -0.2) is 4.57 Å². The molecular formula is C53H97O9P. The summed E-state index contributed by atoms with van der Waals surface area (Å²) >= 11 is 0. The van der Waals surface area contributed by atoms with Gasteiger partial charge in [0.2, 0.25) is 0 Å². The van der Waals surface area contributed by atoms with Crippen molar-refractivity contribution in [1.82, 2.24) is 0 Å². The van der Waals surface area contributed by atoms with Crippen LogP contribution in [0.15, 0.2) is 60.8 Å². The first-order valence-corrected chi connectivity index (χ1v) is 27.3. The number of carbonyl (C=O) groups is 1. The third-order valence-electron chi connectivity index (χ3n) is 10.9. The molecule has 63 heavy (non-hydrogen) atoms. The second-order valence-corrected chi connectivity index (χ2v) is 18.6. The van der Waals surface area contributed by atoms with Crippen LogP contribution in [0.4, 0.5) is 0 Å². The number of aliphatic hydroxyl groups excluding tert-OH is 2. The lowest BCUT2D eigenvalue weighted by Gasteiger charge is -2.20. The topological polar surface area (TPSA) is 132 Å². The Labute approximate surface area is 387 Å². The predicted molar refractivity (Wildman–Crippen MR) is 265 cm³/mol. The minimum Gasteiger partial charge on any atom is -0.457 e. The average Bonchev–Trinajstić information content (AvgIpc) is 3.28. The molecular weight excluding hydrogens is 812 g/mol. The van der Waals surface area contributed by atoms with Crippen LogP contribution in [-0.2, 0) is 27.9 Å². The molecule has 0 aliphatic rings. The average molecular weight is 909 g/mol. The van der Waals surface area contributed by atoms with Gasteiger partial charge < -0.3 is 24.6 Å². The SMILES string of the molecule is CCCCCC/C=C\C/C=C\CCCCCCCCCCOCC(COP(=O)(O)OCC(O)CO)OC(=O)CCCCCCCCCC/C=C\C/C=C\C/C=C\CCCCCCC. The van der Waals surface area contributed by atoms with Gasteiger partial charge in [0.15, 0.2) is 0 Å². The maximum Gasteiger partial charge on any atom is 0.472 e. The monoisotopic (exact) mass is 909 g/mol. The number of hydrogen-bond acceptors (Lipinski definition) is 8. The molecule has 3 unspecified atom stereocenters. The minimum absolute atomic E-state index is 0.0405. The molecule has 0 amide bonds. The van der Waals surface area contributed by atoms with Crippen LogP contribution in [0.2, 0.25) is 0 Å². The highest BCUT2D eigenvalue weighted by Crippen LogP contribution is 2.43. The van der Waals surface area contributed by atoms with Gasteiger partial charge in [0, 0.05) is 13.0 Å². The van der Waals surface area contributed by atoms with E-state index in [4.69, 9.17) is 23.6 Å². The molecule has 0 radical (unpaired) electrons. The van der Waals surface area contributed by atoms with Gasteiger partial charge in [0.05, 0.1) is 26.4 Å². The number of phosphoric acid groups is 1. The van der Waals surface area contributed by atoms with Gasteiger partial charge in [0.1, 0.15) is 12.2 Å². The molecule has 9 nitrogen and oxygen atoms in total. The van der Waals surface area contributed by atoms with Crippen molar-refractivity contribution in [3.05, 3.63) is 60.8 Å². The molecule has 0 heterocycles. The zero-order valence-electron chi connectivity index (χ0n) is 40.5. The molecule has 3 atom stereocenters. The van der Waals surface area contributed by atoms with Gasteiger partial charge in [-0.15, -0.1) is 0 Å². The van der Waals surface area contributed by atoms with Crippen LogP contribution in [0.1, 0.15) is 226 Å². The molecule has 10 heteroatoms. The van der Waals surface area contributed by atoms with E-state index in [2.05, 4.69) is 74.6 Å². The normalized spacial score (nSPS) is 14.3. The van der Waals surface area contributed by atoms with Crippen molar-refractivity contribution < 1.29 is 43.0 Å². The number of phosphoric ester groups is 1. The van der Waals surface area contributed by atoms with Crippen LogP contribution in [-0.4, -0.2) is 66.3 Å². The molecule has 3 N–H and O–H groups in total. The van der Waals surface area contributed by atoms with E-state index in [9.17, 15) is 19.4 Å². The van der Waals surface area contributed by atoms with Gasteiger partial charge in [0.25, 0.3) is 0 Å². The van der Waals surface area contributed by atoms with E-state index in [1.165, 1.54) is 128 Å². The fourth-order valence-corrected chi connectivity index (χ4v) is 7.77. The molecule has 0 aromatic heterocycles. The molecule has 0 aromatic rings. The van der Waals surface area contributed by atoms with E-state index in [1.807, 2.05) is 0 Å². The molecule has 0 aromatic carbocycles. The van der Waals surface area contributed by atoms with Crippen LogP contribution in [0.3, 0.4) is 0 Å². The lowest BCUT2D eigenvalue weighted by atomic mass is 10.1. The first-order valence-electron chi connectivity index (χ1n) is 25.8. The second kappa shape index (κ2) is 49.6. The third-order valence-corrected chi connectivity index (χ3v) is 11.9. The van der Waals surface area contributed by atoms with Crippen molar-refractivity contribution in [3.63, 3.8) is 0 Å². The molecule has 0 fully saturated rings. The van der Waals surface area contributed by atoms with Crippen molar-refractivity contribution in [3.8, 4) is 0 Å². The van der Waals surface area contributed by atoms with E-state index in [1.54, 1.807) is 0 Å². The van der Waals surface area contributed by atoms with Gasteiger partial charge in [-0.3, -0.25) is 13.8 Å². The highest BCUT2D eigenvalue weighted by atomic mass is 31.2. The largest absolute Gasteiger partial charge is 0.472 e. The molecule has 0 aliphatic carbocycles. The molecule has 0 spiro atoms. The second-order valence-electron chi connectivity index (χ2n) is 17.2. The Kier molecular flexibility index (Phi) is 48.1. The van der Waals surface area contributed by atoms with Crippen LogP contribution in [0, 0.1) is 0 Å². The van der Waals surface area contributed by atoms with E-state index in [-0.39, 0.29) is 19.6 Å². The smallest absolute Gasteiger partial charge is 0.457 e. The van der Waals surface area contributed by atoms with Crippen LogP contribution in [0.5, 0.6) is 0 Å². The zero-order valence-corrected chi connectivity index (χ0v) is 41.4. The fraction of sp³-hybridized carbons (Fsp3) is 0.792. The highest BCUT2D eigenvalue weighted by molar-refractivity contribution is 7.47. The Balaban J connectivity index is 4.11. The summed E-state index contributed by atoms with van der Waals surface area (Å²) in [6, 6.07) is 0. The predicted octanol–water partition coefficient (Wildman–Crippen LogP) is 15.1. The summed E-state index contributed by atoms with van der Waals surface area (Å²) < 4.78 is 33.5. The van der Waals surface area contributed by atoms with Gasteiger partial charge in [-0.1, -0.05) is 197 Å². The molecule has 0 rings (SSSR count). The van der Waals surface area contributed by atoms with Crippen molar-refractivity contribution in [2.24, 2.45) is 0 Å². The molecule has 0 aliphatic heterocycles. The van der Waals surface area contributed by atoms with Crippen molar-refractivity contribution in [2.45, 2.75) is 238 Å². The summed E-state index contributed by atoms with van der Waals surface area (Å²) in [4.78, 5) is 22.7. The molecule has 368 valence electrons. The Morgan fingerprint density at radius 3 is 1.30 bits per heavy atom. The van der Waals surface area contributed by atoms with Gasteiger partial charge >= 0.3 is 13.8 Å². The van der Waals surface area contributed by atoms with E-state index < -0.39 is 39.2 Å². The quantitative estimate of drug-likeness (QED) is 0.0236. The third kappa shape index (κ3) is 49.4. The molecule has 0 saturated carbocycles. The minimum atomic E-state index is -4.53. The summed E-state index contributed by atoms with van der Waals surface area (Å²) in [7, 11) is -4.53. The molecule has 0 saturated heterocycles. The summed E-state index contributed by atoms with van der Waals surface area (Å²) in [6.45, 7) is 3.49. The van der Waals surface area contributed by atoms with Crippen LogP contribution in [0.25, 0.3) is 0 Å². The number of aliphatic hydroxyl groups is 2. The number of allylic oxidation sites excluding steroid dienone is 10. The Morgan fingerprint density at radius 2 is 0.857 bits per heavy atom. The maximum absolute atomic E-state index is 12.7. The van der Waals surface area contributed by atoms with Gasteiger partial charge in [-0.2, -0.15) is 0 Å². The van der Waals surface area contributed by atoms with E-state index in [0.717, 1.165) is 77.0 Å². The summed E-state index contributed by atoms with van der Waals surface area (Å²) in [5, 5.41) is 18.4. The number of carbonyl (C=O) groups excluding carboxylic acids is 1. The number of ether oxygens (including phenoxy) is 2. The van der Waals surface area contributed by atoms with Crippen molar-refractivity contribution in [1.29, 1.82) is 0 Å². The summed E-state index contributed by atoms with van der Waals surface area (Å²) in [6.07, 6.45) is 58.9. The number of unbranched alkanes of at least 4 members (excludes halogenated alkanes) is 25. The highest BCUT2D eigenvalue weighted by Gasteiger charge is 2.26. The Morgan fingerprint density at radius 1 is 0.492 bits per heavy atom. The van der Waals surface area contributed by atoms with E-state index >= 15 is 0 Å². The van der Waals surface area contributed by atoms with Crippen molar-refractivity contribution >= 4 is 13.8 Å². The lowest BCUT2D eigenvalue weighted by molar-refractivity contribution is -0.154. The molecule has 0 bridgehead atoms. The number of hydrogen-bond donors (Lipinski definition) is 3. The van der Waals surface area contributed by atoms with E-state index in [0.29, 0.717) is 6.61 Å². The number of esters is 1. The number of rotatable bonds is 49. The Hall–Kier alpha value is -1.84. The van der Waals surface area contributed by atoms with Crippen LogP contribution >= 0.6 is 7.82 Å². The summed E-state index contributed by atoms with van der Waals surface area (Å²) in [5.74, 6) is -0.392. The standard InChI is InChI=1S/C53H97O9P/c1-3-5-7-9-11-13-15-17-19-21-23-24-25-26-27-29-31-33-35-37-39-41-43-45-53(56)62-52(50-61-63(57,58)60-48-51(55)47-54)49-59-46-44-42-40-38-36-34-32-30-28-22-20-18-16-14-12-10-8-6-4-2/h14-17,20-23,25-26,51-52,54-55H,3-13,18-19,24,27-50H2,1-2H3,(H,57,58)/b16-14-,17-15-,22-20-,23-21-,26-25-. The lowest BCUT2D eigenvalue weighted by Crippen LogP contribution is -2.29. The Bertz CT molecular complexity index is 1170.